The Hall–Kier alpha value is -1.88. The molecule has 26 heavy (non-hydrogen) atoms. The van der Waals surface area contributed by atoms with Gasteiger partial charge in [0.25, 0.3) is 11.9 Å². The Kier molecular flexibility index (Phi) is 9.96. The SMILES string of the molecule is CC[NH+](CC)CCC[C@H](C)N=C(NC(=O)c1ccccc1C)OC(C)C. The topological polar surface area (TPSA) is 55.1 Å². The lowest BCUT2D eigenvalue weighted by molar-refractivity contribution is -0.896. The Balaban J connectivity index is 2.71. The molecule has 1 atom stereocenters. The zero-order chi connectivity index (χ0) is 19.5. The molecular formula is C21H36N3O2+. The van der Waals surface area contributed by atoms with E-state index in [1.807, 2.05) is 45.0 Å². The molecule has 1 rings (SSSR count). The third-order valence-corrected chi connectivity index (χ3v) is 4.45. The minimum absolute atomic E-state index is 0.0433. The number of quaternary nitrogens is 1. The summed E-state index contributed by atoms with van der Waals surface area (Å²) in [6.07, 6.45) is 2.05. The van der Waals surface area contributed by atoms with Crippen LogP contribution in [0.3, 0.4) is 0 Å². The zero-order valence-electron chi connectivity index (χ0n) is 17.3. The Morgan fingerprint density at radius 1 is 1.19 bits per heavy atom. The molecule has 0 aliphatic heterocycles. The van der Waals surface area contributed by atoms with Crippen molar-refractivity contribution in [3.05, 3.63) is 35.4 Å². The van der Waals surface area contributed by atoms with Gasteiger partial charge in [-0.1, -0.05) is 18.2 Å². The monoisotopic (exact) mass is 362 g/mol. The lowest BCUT2D eigenvalue weighted by Crippen LogP contribution is -3.11. The first-order valence-corrected chi connectivity index (χ1v) is 9.82. The average molecular weight is 363 g/mol. The molecule has 0 aliphatic rings. The molecule has 0 heterocycles. The normalized spacial score (nSPS) is 13.2. The average Bonchev–Trinajstić information content (AvgIpc) is 2.58. The van der Waals surface area contributed by atoms with Crippen LogP contribution in [0, 0.1) is 6.92 Å². The van der Waals surface area contributed by atoms with Crippen molar-refractivity contribution in [3.8, 4) is 0 Å². The molecule has 0 saturated carbocycles. The minimum atomic E-state index is -0.178. The quantitative estimate of drug-likeness (QED) is 0.524. The van der Waals surface area contributed by atoms with Gasteiger partial charge in [0.2, 0.25) is 0 Å². The van der Waals surface area contributed by atoms with Crippen LogP contribution in [0.5, 0.6) is 0 Å². The lowest BCUT2D eigenvalue weighted by Gasteiger charge is -2.18. The lowest BCUT2D eigenvalue weighted by atomic mass is 10.1. The predicted octanol–water partition coefficient (Wildman–Crippen LogP) is 2.60. The summed E-state index contributed by atoms with van der Waals surface area (Å²) in [5.74, 6) is -0.178. The first kappa shape index (κ1) is 22.2. The van der Waals surface area contributed by atoms with Gasteiger partial charge in [-0.15, -0.1) is 0 Å². The number of amidine groups is 1. The number of amides is 1. The fourth-order valence-corrected chi connectivity index (χ4v) is 2.82. The second-order valence-corrected chi connectivity index (χ2v) is 7.07. The molecule has 1 amide bonds. The largest absolute Gasteiger partial charge is 0.462 e. The number of carbonyl (C=O) groups is 1. The standard InChI is InChI=1S/C21H35N3O2/c1-7-24(8-2)15-11-13-18(6)22-21(26-16(3)4)23-20(25)19-14-10-9-12-17(19)5/h9-10,12,14,16,18H,7-8,11,13,15H2,1-6H3,(H,22,23,25)/p+1/t18-/m0/s1. The minimum Gasteiger partial charge on any atom is -0.462 e. The number of rotatable bonds is 9. The Labute approximate surface area is 158 Å². The van der Waals surface area contributed by atoms with Gasteiger partial charge < -0.3 is 9.64 Å². The van der Waals surface area contributed by atoms with Crippen LogP contribution in [0.1, 0.15) is 63.4 Å². The molecule has 0 radical (unpaired) electrons. The first-order valence-electron chi connectivity index (χ1n) is 9.82. The maximum atomic E-state index is 12.5. The maximum Gasteiger partial charge on any atom is 0.292 e. The number of ether oxygens (including phenoxy) is 1. The van der Waals surface area contributed by atoms with Crippen LogP contribution in [0.25, 0.3) is 0 Å². The maximum absolute atomic E-state index is 12.5. The number of benzene rings is 1. The van der Waals surface area contributed by atoms with Crippen molar-refractivity contribution in [1.29, 1.82) is 0 Å². The van der Waals surface area contributed by atoms with Crippen LogP contribution >= 0.6 is 0 Å². The zero-order valence-corrected chi connectivity index (χ0v) is 17.3. The molecule has 0 aromatic heterocycles. The number of nitrogens with one attached hydrogen (secondary N) is 2. The molecule has 0 fully saturated rings. The third kappa shape index (κ3) is 8.00. The fraction of sp³-hybridized carbons (Fsp3) is 0.619. The van der Waals surface area contributed by atoms with Gasteiger partial charge in [-0.25, -0.2) is 4.99 Å². The third-order valence-electron chi connectivity index (χ3n) is 4.45. The van der Waals surface area contributed by atoms with Crippen molar-refractivity contribution in [1.82, 2.24) is 5.32 Å². The fourth-order valence-electron chi connectivity index (χ4n) is 2.82. The van der Waals surface area contributed by atoms with Crippen molar-refractivity contribution in [2.24, 2.45) is 4.99 Å². The molecule has 1 aromatic rings. The van der Waals surface area contributed by atoms with E-state index in [0.717, 1.165) is 38.0 Å². The summed E-state index contributed by atoms with van der Waals surface area (Å²) < 4.78 is 5.74. The van der Waals surface area contributed by atoms with E-state index >= 15 is 0 Å². The highest BCUT2D eigenvalue weighted by Crippen LogP contribution is 2.07. The molecule has 0 unspecified atom stereocenters. The van der Waals surface area contributed by atoms with Gasteiger partial charge in [0.05, 0.1) is 31.8 Å². The highest BCUT2D eigenvalue weighted by Gasteiger charge is 2.14. The van der Waals surface area contributed by atoms with E-state index in [1.165, 1.54) is 0 Å². The van der Waals surface area contributed by atoms with Crippen molar-refractivity contribution in [2.75, 3.05) is 19.6 Å². The van der Waals surface area contributed by atoms with E-state index in [9.17, 15) is 4.79 Å². The highest BCUT2D eigenvalue weighted by molar-refractivity contribution is 6.05. The summed E-state index contributed by atoms with van der Waals surface area (Å²) in [6.45, 7) is 15.8. The number of hydrogen-bond acceptors (Lipinski definition) is 3. The van der Waals surface area contributed by atoms with Crippen molar-refractivity contribution >= 4 is 11.9 Å². The molecule has 0 bridgehead atoms. The van der Waals surface area contributed by atoms with Crippen LogP contribution in [0.15, 0.2) is 29.3 Å². The van der Waals surface area contributed by atoms with Gasteiger partial charge >= 0.3 is 0 Å². The summed E-state index contributed by atoms with van der Waals surface area (Å²) in [6, 6.07) is 7.94. The van der Waals surface area contributed by atoms with Crippen LogP contribution < -0.4 is 10.2 Å². The molecule has 0 saturated heterocycles. The van der Waals surface area contributed by atoms with Gasteiger partial charge in [0, 0.05) is 5.56 Å². The predicted molar refractivity (Wildman–Crippen MR) is 108 cm³/mol. The molecule has 146 valence electrons. The van der Waals surface area contributed by atoms with E-state index in [0.29, 0.717) is 11.6 Å². The summed E-state index contributed by atoms with van der Waals surface area (Å²) in [7, 11) is 0. The molecule has 0 aliphatic carbocycles. The Bertz CT molecular complexity index is 580. The van der Waals surface area contributed by atoms with Crippen molar-refractivity contribution in [2.45, 2.75) is 66.5 Å². The van der Waals surface area contributed by atoms with Crippen LogP contribution in [0.2, 0.25) is 0 Å². The summed E-state index contributed by atoms with van der Waals surface area (Å²) in [5.41, 5.74) is 1.58. The summed E-state index contributed by atoms with van der Waals surface area (Å²) >= 11 is 0. The van der Waals surface area contributed by atoms with Crippen LogP contribution in [-0.4, -0.2) is 43.7 Å². The number of aryl methyl sites for hydroxylation is 1. The number of hydrogen-bond donors (Lipinski definition) is 2. The van der Waals surface area contributed by atoms with Gasteiger partial charge in [0.15, 0.2) is 0 Å². The van der Waals surface area contributed by atoms with Gasteiger partial charge in [-0.3, -0.25) is 10.1 Å². The van der Waals surface area contributed by atoms with E-state index in [1.54, 1.807) is 4.90 Å². The summed E-state index contributed by atoms with van der Waals surface area (Å²) in [5, 5.41) is 2.84. The van der Waals surface area contributed by atoms with E-state index < -0.39 is 0 Å². The van der Waals surface area contributed by atoms with E-state index in [2.05, 4.69) is 31.1 Å². The molecular weight excluding hydrogens is 326 g/mol. The molecule has 1 aromatic carbocycles. The smallest absolute Gasteiger partial charge is 0.292 e. The van der Waals surface area contributed by atoms with Gasteiger partial charge in [0.1, 0.15) is 0 Å². The van der Waals surface area contributed by atoms with E-state index in [-0.39, 0.29) is 18.1 Å². The van der Waals surface area contributed by atoms with Gasteiger partial charge in [-0.05, 0) is 66.0 Å². The molecule has 2 N–H and O–H groups in total. The number of carbonyl (C=O) groups excluding carboxylic acids is 1. The van der Waals surface area contributed by atoms with Crippen LogP contribution in [0.4, 0.5) is 0 Å². The second kappa shape index (κ2) is 11.7. The number of aliphatic imine (C=N–C) groups is 1. The highest BCUT2D eigenvalue weighted by atomic mass is 16.5. The number of nitrogens with zero attached hydrogens (tertiary/aromatic N) is 1. The summed E-state index contributed by atoms with van der Waals surface area (Å²) in [4.78, 5) is 18.8. The van der Waals surface area contributed by atoms with Crippen LogP contribution in [-0.2, 0) is 4.74 Å². The Morgan fingerprint density at radius 2 is 1.85 bits per heavy atom. The second-order valence-electron chi connectivity index (χ2n) is 7.07. The molecule has 5 nitrogen and oxygen atoms in total. The van der Waals surface area contributed by atoms with Gasteiger partial charge in [-0.2, -0.15) is 0 Å². The van der Waals surface area contributed by atoms with Crippen molar-refractivity contribution < 1.29 is 14.4 Å². The molecule has 5 heteroatoms. The molecule has 0 spiro atoms. The van der Waals surface area contributed by atoms with E-state index in [4.69, 9.17) is 4.74 Å². The Morgan fingerprint density at radius 3 is 2.42 bits per heavy atom. The van der Waals surface area contributed by atoms with Crippen molar-refractivity contribution in [3.63, 3.8) is 0 Å². The first-order chi connectivity index (χ1) is 12.4.